The highest BCUT2D eigenvalue weighted by atomic mass is 16.4. The molecule has 2 aromatic heterocycles. The van der Waals surface area contributed by atoms with Gasteiger partial charge in [0.15, 0.2) is 0 Å². The number of aromatic nitrogens is 1. The molecule has 0 spiro atoms. The maximum absolute atomic E-state index is 11.1. The van der Waals surface area contributed by atoms with Crippen LogP contribution in [-0.4, -0.2) is 16.1 Å². The summed E-state index contributed by atoms with van der Waals surface area (Å²) in [6, 6.07) is 3.61. The first-order chi connectivity index (χ1) is 7.61. The molecule has 82 valence electrons. The first-order valence-corrected chi connectivity index (χ1v) is 4.84. The van der Waals surface area contributed by atoms with Gasteiger partial charge in [-0.05, 0) is 19.9 Å². The maximum atomic E-state index is 11.1. The molecule has 0 aliphatic rings. The Hall–Kier alpha value is -2.10. The molecular formula is C12H11NO3. The van der Waals surface area contributed by atoms with Crippen molar-refractivity contribution in [2.75, 3.05) is 0 Å². The minimum absolute atomic E-state index is 0.205. The molecule has 0 amide bonds. The number of nitrogens with zero attached hydrogens (tertiary/aromatic N) is 1. The third kappa shape index (κ3) is 1.58. The number of carbonyl (C=O) groups is 1. The summed E-state index contributed by atoms with van der Waals surface area (Å²) < 4.78 is 5.16. The summed E-state index contributed by atoms with van der Waals surface area (Å²) in [4.78, 5) is 15.2. The molecule has 0 saturated heterocycles. The van der Waals surface area contributed by atoms with Crippen LogP contribution in [0.1, 0.15) is 21.8 Å². The molecule has 16 heavy (non-hydrogen) atoms. The summed E-state index contributed by atoms with van der Waals surface area (Å²) >= 11 is 0. The van der Waals surface area contributed by atoms with Crippen molar-refractivity contribution in [2.24, 2.45) is 0 Å². The van der Waals surface area contributed by atoms with Crippen LogP contribution in [0.5, 0.6) is 0 Å². The molecule has 0 saturated carbocycles. The van der Waals surface area contributed by atoms with Crippen molar-refractivity contribution in [3.05, 3.63) is 41.6 Å². The molecule has 2 aromatic rings. The van der Waals surface area contributed by atoms with E-state index in [1.54, 1.807) is 19.2 Å². The van der Waals surface area contributed by atoms with E-state index in [1.165, 1.54) is 6.26 Å². The highest BCUT2D eigenvalue weighted by molar-refractivity contribution is 5.97. The SMILES string of the molecule is Cc1ncccc1-c1coc(C)c1C(=O)O. The van der Waals surface area contributed by atoms with E-state index in [0.29, 0.717) is 11.3 Å². The average Bonchev–Trinajstić information content (AvgIpc) is 2.61. The highest BCUT2D eigenvalue weighted by Crippen LogP contribution is 2.29. The molecule has 2 rings (SSSR count). The Morgan fingerprint density at radius 1 is 1.38 bits per heavy atom. The Morgan fingerprint density at radius 3 is 2.75 bits per heavy atom. The minimum atomic E-state index is -0.982. The van der Waals surface area contributed by atoms with E-state index in [-0.39, 0.29) is 5.56 Å². The highest BCUT2D eigenvalue weighted by Gasteiger charge is 2.19. The Morgan fingerprint density at radius 2 is 2.12 bits per heavy atom. The van der Waals surface area contributed by atoms with Crippen molar-refractivity contribution in [1.29, 1.82) is 0 Å². The van der Waals surface area contributed by atoms with Gasteiger partial charge in [0.05, 0.1) is 6.26 Å². The second-order valence-electron chi connectivity index (χ2n) is 3.52. The van der Waals surface area contributed by atoms with Gasteiger partial charge >= 0.3 is 5.97 Å². The normalized spacial score (nSPS) is 10.4. The lowest BCUT2D eigenvalue weighted by molar-refractivity contribution is 0.0696. The van der Waals surface area contributed by atoms with E-state index >= 15 is 0 Å². The lowest BCUT2D eigenvalue weighted by Gasteiger charge is -2.02. The van der Waals surface area contributed by atoms with Crippen LogP contribution in [0.25, 0.3) is 11.1 Å². The van der Waals surface area contributed by atoms with Crippen LogP contribution in [-0.2, 0) is 0 Å². The van der Waals surface area contributed by atoms with Gasteiger partial charge in [-0.3, -0.25) is 4.98 Å². The van der Waals surface area contributed by atoms with Gasteiger partial charge in [0.25, 0.3) is 0 Å². The molecule has 0 aliphatic heterocycles. The molecule has 4 heteroatoms. The number of carboxylic acids is 1. The summed E-state index contributed by atoms with van der Waals surface area (Å²) in [6.07, 6.45) is 3.13. The van der Waals surface area contributed by atoms with Gasteiger partial charge in [0.1, 0.15) is 11.3 Å². The van der Waals surface area contributed by atoms with Gasteiger partial charge < -0.3 is 9.52 Å². The summed E-state index contributed by atoms with van der Waals surface area (Å²) in [5, 5.41) is 9.11. The second kappa shape index (κ2) is 3.81. The number of rotatable bonds is 2. The number of aromatic carboxylic acids is 1. The molecule has 2 heterocycles. The molecule has 1 N–H and O–H groups in total. The summed E-state index contributed by atoms with van der Waals surface area (Å²) in [5.41, 5.74) is 2.36. The van der Waals surface area contributed by atoms with Gasteiger partial charge in [-0.25, -0.2) is 4.79 Å². The molecule has 0 aromatic carbocycles. The zero-order chi connectivity index (χ0) is 11.7. The van der Waals surface area contributed by atoms with Crippen LogP contribution in [0.3, 0.4) is 0 Å². The van der Waals surface area contributed by atoms with E-state index in [1.807, 2.05) is 13.0 Å². The fourth-order valence-corrected chi connectivity index (χ4v) is 1.69. The first kappa shape index (κ1) is 10.4. The predicted octanol–water partition coefficient (Wildman–Crippen LogP) is 2.66. The third-order valence-electron chi connectivity index (χ3n) is 2.49. The van der Waals surface area contributed by atoms with Crippen LogP contribution in [0, 0.1) is 13.8 Å². The van der Waals surface area contributed by atoms with Gasteiger partial charge in [-0.1, -0.05) is 6.07 Å². The smallest absolute Gasteiger partial charge is 0.339 e. The van der Waals surface area contributed by atoms with Crippen LogP contribution < -0.4 is 0 Å². The van der Waals surface area contributed by atoms with Crippen LogP contribution in [0.2, 0.25) is 0 Å². The van der Waals surface area contributed by atoms with Gasteiger partial charge in [-0.15, -0.1) is 0 Å². The first-order valence-electron chi connectivity index (χ1n) is 4.84. The number of aryl methyl sites for hydroxylation is 2. The maximum Gasteiger partial charge on any atom is 0.339 e. The van der Waals surface area contributed by atoms with Crippen LogP contribution in [0.4, 0.5) is 0 Å². The Bertz CT molecular complexity index is 543. The van der Waals surface area contributed by atoms with Crippen LogP contribution >= 0.6 is 0 Å². The predicted molar refractivity (Wildman–Crippen MR) is 58.4 cm³/mol. The third-order valence-corrected chi connectivity index (χ3v) is 2.49. The quantitative estimate of drug-likeness (QED) is 0.839. The van der Waals surface area contributed by atoms with Crippen molar-refractivity contribution < 1.29 is 14.3 Å². The Kier molecular flexibility index (Phi) is 2.48. The zero-order valence-electron chi connectivity index (χ0n) is 9.02. The molecular weight excluding hydrogens is 206 g/mol. The second-order valence-corrected chi connectivity index (χ2v) is 3.52. The minimum Gasteiger partial charge on any atom is -0.478 e. The molecule has 0 unspecified atom stereocenters. The number of hydrogen-bond donors (Lipinski definition) is 1. The largest absolute Gasteiger partial charge is 0.478 e. The van der Waals surface area contributed by atoms with E-state index in [2.05, 4.69) is 4.98 Å². The zero-order valence-corrected chi connectivity index (χ0v) is 9.02. The number of hydrogen-bond acceptors (Lipinski definition) is 3. The van der Waals surface area contributed by atoms with Crippen molar-refractivity contribution in [3.8, 4) is 11.1 Å². The fraction of sp³-hybridized carbons (Fsp3) is 0.167. The Balaban J connectivity index is 2.66. The van der Waals surface area contributed by atoms with Crippen molar-refractivity contribution in [1.82, 2.24) is 4.98 Å². The molecule has 0 atom stereocenters. The van der Waals surface area contributed by atoms with Gasteiger partial charge in [0.2, 0.25) is 0 Å². The fourth-order valence-electron chi connectivity index (χ4n) is 1.69. The molecule has 0 aliphatic carbocycles. The summed E-state index contributed by atoms with van der Waals surface area (Å²) in [5.74, 6) is -0.574. The molecule has 0 fully saturated rings. The molecule has 4 nitrogen and oxygen atoms in total. The number of furan rings is 1. The lowest BCUT2D eigenvalue weighted by Crippen LogP contribution is -1.99. The lowest BCUT2D eigenvalue weighted by atomic mass is 10.0. The van der Waals surface area contributed by atoms with Gasteiger partial charge in [-0.2, -0.15) is 0 Å². The Labute approximate surface area is 92.6 Å². The molecule has 0 bridgehead atoms. The topological polar surface area (TPSA) is 63.3 Å². The van der Waals surface area contributed by atoms with Crippen LogP contribution in [0.15, 0.2) is 29.0 Å². The summed E-state index contributed by atoms with van der Waals surface area (Å²) in [6.45, 7) is 3.47. The van der Waals surface area contributed by atoms with Crippen molar-refractivity contribution in [3.63, 3.8) is 0 Å². The average molecular weight is 217 g/mol. The summed E-state index contributed by atoms with van der Waals surface area (Å²) in [7, 11) is 0. The van der Waals surface area contributed by atoms with Gasteiger partial charge in [0, 0.05) is 23.0 Å². The monoisotopic (exact) mass is 217 g/mol. The number of carboxylic acid groups (broad SMARTS) is 1. The standard InChI is InChI=1S/C12H11NO3/c1-7-9(4-3-5-13-7)10-6-16-8(2)11(10)12(14)15/h3-6H,1-2H3,(H,14,15). The van der Waals surface area contributed by atoms with E-state index in [9.17, 15) is 4.79 Å². The van der Waals surface area contributed by atoms with Crippen molar-refractivity contribution in [2.45, 2.75) is 13.8 Å². The van der Waals surface area contributed by atoms with E-state index < -0.39 is 5.97 Å². The molecule has 0 radical (unpaired) electrons. The number of pyridine rings is 1. The van der Waals surface area contributed by atoms with E-state index in [0.717, 1.165) is 11.3 Å². The van der Waals surface area contributed by atoms with Crippen molar-refractivity contribution >= 4 is 5.97 Å². The van der Waals surface area contributed by atoms with E-state index in [4.69, 9.17) is 9.52 Å².